The van der Waals surface area contributed by atoms with Gasteiger partial charge in [-0.3, -0.25) is 14.6 Å². The van der Waals surface area contributed by atoms with Crippen LogP contribution >= 0.6 is 0 Å². The summed E-state index contributed by atoms with van der Waals surface area (Å²) in [6.07, 6.45) is 1.06. The third-order valence-corrected chi connectivity index (χ3v) is 2.70. The van der Waals surface area contributed by atoms with Gasteiger partial charge in [0.1, 0.15) is 6.04 Å². The van der Waals surface area contributed by atoms with Crippen molar-refractivity contribution >= 4 is 17.6 Å². The van der Waals surface area contributed by atoms with Crippen LogP contribution in [0.4, 0.5) is 0 Å². The van der Waals surface area contributed by atoms with Crippen molar-refractivity contribution in [1.29, 1.82) is 0 Å². The van der Waals surface area contributed by atoms with Crippen molar-refractivity contribution < 1.29 is 9.59 Å². The molecule has 0 aromatic heterocycles. The molecule has 20 heavy (non-hydrogen) atoms. The van der Waals surface area contributed by atoms with E-state index < -0.39 is 11.9 Å². The third kappa shape index (κ3) is 5.51. The number of nitrogens with two attached hydrogens (primary N) is 2. The second kappa shape index (κ2) is 7.93. The molecule has 1 rings (SSSR count). The van der Waals surface area contributed by atoms with Gasteiger partial charge in [-0.2, -0.15) is 0 Å². The van der Waals surface area contributed by atoms with Crippen molar-refractivity contribution in [1.82, 2.24) is 5.32 Å². The zero-order valence-electron chi connectivity index (χ0n) is 11.5. The number of hydrogen-bond acceptors (Lipinski definition) is 3. The molecule has 1 aromatic carbocycles. The molecule has 0 aliphatic rings. The number of nitrogens with one attached hydrogen (secondary N) is 1. The van der Waals surface area contributed by atoms with E-state index in [9.17, 15) is 9.59 Å². The fourth-order valence-corrected chi connectivity index (χ4v) is 1.67. The van der Waals surface area contributed by atoms with Gasteiger partial charge < -0.3 is 16.8 Å². The molecule has 0 unspecified atom stereocenters. The number of hydrogen-bond donors (Lipinski definition) is 3. The van der Waals surface area contributed by atoms with Gasteiger partial charge in [-0.1, -0.05) is 18.2 Å². The molecule has 0 bridgehead atoms. The SMILES string of the molecule is CC(N)=NCCC[C@H](NC(=O)c1ccccc1)C(N)=O. The highest BCUT2D eigenvalue weighted by molar-refractivity contribution is 5.97. The average Bonchev–Trinajstić information content (AvgIpc) is 2.42. The molecule has 1 atom stereocenters. The van der Waals surface area contributed by atoms with Crippen LogP contribution in [0.1, 0.15) is 30.1 Å². The number of amides is 2. The first kappa shape index (κ1) is 15.7. The van der Waals surface area contributed by atoms with Crippen LogP contribution < -0.4 is 16.8 Å². The number of carbonyl (C=O) groups excluding carboxylic acids is 2. The van der Waals surface area contributed by atoms with Gasteiger partial charge in [-0.15, -0.1) is 0 Å². The van der Waals surface area contributed by atoms with Crippen LogP contribution in [0.15, 0.2) is 35.3 Å². The Kier molecular flexibility index (Phi) is 6.22. The van der Waals surface area contributed by atoms with Crippen LogP contribution in [0, 0.1) is 0 Å². The largest absolute Gasteiger partial charge is 0.388 e. The minimum Gasteiger partial charge on any atom is -0.388 e. The van der Waals surface area contributed by atoms with E-state index in [4.69, 9.17) is 11.5 Å². The van der Waals surface area contributed by atoms with Gasteiger partial charge >= 0.3 is 0 Å². The highest BCUT2D eigenvalue weighted by atomic mass is 16.2. The number of rotatable bonds is 7. The van der Waals surface area contributed by atoms with E-state index >= 15 is 0 Å². The minimum atomic E-state index is -0.698. The normalized spacial score (nSPS) is 12.8. The molecule has 108 valence electrons. The standard InChI is InChI=1S/C14H20N4O2/c1-10(15)17-9-5-8-12(13(16)19)18-14(20)11-6-3-2-4-7-11/h2-4,6-7,12H,5,8-9H2,1H3,(H2,15,17)(H2,16,19)(H,18,20)/t12-/m0/s1. The van der Waals surface area contributed by atoms with Gasteiger partial charge in [0, 0.05) is 12.1 Å². The fraction of sp³-hybridized carbons (Fsp3) is 0.357. The lowest BCUT2D eigenvalue weighted by molar-refractivity contribution is -0.120. The monoisotopic (exact) mass is 276 g/mol. The fourth-order valence-electron chi connectivity index (χ4n) is 1.67. The molecule has 0 aliphatic heterocycles. The average molecular weight is 276 g/mol. The van der Waals surface area contributed by atoms with E-state index in [-0.39, 0.29) is 5.91 Å². The molecule has 0 saturated carbocycles. The minimum absolute atomic E-state index is 0.312. The maximum atomic E-state index is 11.9. The van der Waals surface area contributed by atoms with Crippen LogP contribution in [0.2, 0.25) is 0 Å². The Hall–Kier alpha value is -2.37. The molecule has 0 saturated heterocycles. The van der Waals surface area contributed by atoms with E-state index in [1.165, 1.54) is 0 Å². The van der Waals surface area contributed by atoms with Gasteiger partial charge in [0.2, 0.25) is 5.91 Å². The second-order valence-corrected chi connectivity index (χ2v) is 4.46. The highest BCUT2D eigenvalue weighted by Gasteiger charge is 2.18. The van der Waals surface area contributed by atoms with Crippen LogP contribution in [-0.4, -0.2) is 30.2 Å². The number of benzene rings is 1. The Morgan fingerprint density at radius 1 is 1.25 bits per heavy atom. The van der Waals surface area contributed by atoms with Crippen molar-refractivity contribution in [2.45, 2.75) is 25.8 Å². The van der Waals surface area contributed by atoms with E-state index in [1.54, 1.807) is 31.2 Å². The number of nitrogens with zero attached hydrogens (tertiary/aromatic N) is 1. The van der Waals surface area contributed by atoms with Gasteiger partial charge in [0.25, 0.3) is 5.91 Å². The number of carbonyl (C=O) groups is 2. The predicted molar refractivity (Wildman–Crippen MR) is 78.3 cm³/mol. The summed E-state index contributed by atoms with van der Waals surface area (Å²) >= 11 is 0. The highest BCUT2D eigenvalue weighted by Crippen LogP contribution is 2.02. The summed E-state index contributed by atoms with van der Waals surface area (Å²) in [5, 5.41) is 2.63. The molecule has 6 nitrogen and oxygen atoms in total. The summed E-state index contributed by atoms with van der Waals surface area (Å²) < 4.78 is 0. The Morgan fingerprint density at radius 2 is 1.90 bits per heavy atom. The summed E-state index contributed by atoms with van der Waals surface area (Å²) in [7, 11) is 0. The molecule has 6 heteroatoms. The van der Waals surface area contributed by atoms with Crippen LogP contribution in [-0.2, 0) is 4.79 Å². The maximum absolute atomic E-state index is 11.9. The Morgan fingerprint density at radius 3 is 2.45 bits per heavy atom. The summed E-state index contributed by atoms with van der Waals surface area (Å²) in [4.78, 5) is 27.3. The number of amidine groups is 1. The van der Waals surface area contributed by atoms with Crippen LogP contribution in [0.3, 0.4) is 0 Å². The first-order chi connectivity index (χ1) is 9.50. The van der Waals surface area contributed by atoms with Crippen LogP contribution in [0.25, 0.3) is 0 Å². The van der Waals surface area contributed by atoms with Crippen LogP contribution in [0.5, 0.6) is 0 Å². The molecule has 0 fully saturated rings. The quantitative estimate of drug-likeness (QED) is 0.381. The molecular weight excluding hydrogens is 256 g/mol. The van der Waals surface area contributed by atoms with Gasteiger partial charge in [-0.25, -0.2) is 0 Å². The molecule has 1 aromatic rings. The van der Waals surface area contributed by atoms with E-state index in [1.807, 2.05) is 6.07 Å². The van der Waals surface area contributed by atoms with Gasteiger partial charge in [0.15, 0.2) is 0 Å². The zero-order chi connectivity index (χ0) is 15.0. The first-order valence-corrected chi connectivity index (χ1v) is 6.42. The lowest BCUT2D eigenvalue weighted by Crippen LogP contribution is -2.44. The van der Waals surface area contributed by atoms with E-state index in [0.717, 1.165) is 0 Å². The number of primary amides is 1. The molecule has 5 N–H and O–H groups in total. The van der Waals surface area contributed by atoms with Gasteiger partial charge in [0.05, 0.1) is 5.84 Å². The smallest absolute Gasteiger partial charge is 0.251 e. The first-order valence-electron chi connectivity index (χ1n) is 6.42. The molecular formula is C14H20N4O2. The predicted octanol–water partition coefficient (Wildman–Crippen LogP) is 0.428. The van der Waals surface area contributed by atoms with Gasteiger partial charge in [-0.05, 0) is 31.9 Å². The lowest BCUT2D eigenvalue weighted by atomic mass is 10.1. The van der Waals surface area contributed by atoms with E-state index in [0.29, 0.717) is 30.8 Å². The van der Waals surface area contributed by atoms with Crippen molar-refractivity contribution in [2.24, 2.45) is 16.5 Å². The summed E-state index contributed by atoms with van der Waals surface area (Å²) in [6, 6.07) is 7.98. The molecule has 0 aliphatic carbocycles. The zero-order valence-corrected chi connectivity index (χ0v) is 11.5. The Bertz CT molecular complexity index is 481. The van der Waals surface area contributed by atoms with Crippen molar-refractivity contribution in [2.75, 3.05) is 6.54 Å². The Labute approximate surface area is 118 Å². The molecule has 0 radical (unpaired) electrons. The molecule has 0 spiro atoms. The summed E-state index contributed by atoms with van der Waals surface area (Å²) in [5.74, 6) is -0.371. The topological polar surface area (TPSA) is 111 Å². The number of aliphatic imine (C=N–C) groups is 1. The van der Waals surface area contributed by atoms with E-state index in [2.05, 4.69) is 10.3 Å². The van der Waals surface area contributed by atoms with Crippen molar-refractivity contribution in [3.8, 4) is 0 Å². The second-order valence-electron chi connectivity index (χ2n) is 4.46. The maximum Gasteiger partial charge on any atom is 0.251 e. The lowest BCUT2D eigenvalue weighted by Gasteiger charge is -2.15. The van der Waals surface area contributed by atoms with Crippen molar-refractivity contribution in [3.63, 3.8) is 0 Å². The third-order valence-electron chi connectivity index (χ3n) is 2.70. The molecule has 2 amide bonds. The summed E-state index contributed by atoms with van der Waals surface area (Å²) in [5.41, 5.74) is 11.2. The summed E-state index contributed by atoms with van der Waals surface area (Å²) in [6.45, 7) is 2.20. The molecule has 0 heterocycles. The Balaban J connectivity index is 2.53. The van der Waals surface area contributed by atoms with Crippen molar-refractivity contribution in [3.05, 3.63) is 35.9 Å².